The Morgan fingerprint density at radius 1 is 1.00 bits per heavy atom. The van der Waals surface area contributed by atoms with Gasteiger partial charge in [0.2, 0.25) is 0 Å². The van der Waals surface area contributed by atoms with Crippen LogP contribution in [0, 0.1) is 13.8 Å². The molecule has 3 aromatic heterocycles. The number of carbonyl (C=O) groups is 1. The van der Waals surface area contributed by atoms with E-state index in [9.17, 15) is 4.79 Å². The van der Waals surface area contributed by atoms with Gasteiger partial charge in [-0.3, -0.25) is 9.69 Å². The zero-order chi connectivity index (χ0) is 22.8. The quantitative estimate of drug-likeness (QED) is 0.474. The maximum absolute atomic E-state index is 13.3. The number of hydrogen-bond donors (Lipinski definition) is 0. The molecule has 0 atom stereocenters. The summed E-state index contributed by atoms with van der Waals surface area (Å²) in [5, 5.41) is 4.48. The monoisotopic (exact) mass is 443 g/mol. The second kappa shape index (κ2) is 9.15. The average Bonchev–Trinajstić information content (AvgIpc) is 3.33. The van der Waals surface area contributed by atoms with Crippen molar-refractivity contribution in [1.82, 2.24) is 33.9 Å². The lowest BCUT2D eigenvalue weighted by molar-refractivity contribution is 0.0759. The van der Waals surface area contributed by atoms with E-state index >= 15 is 0 Å². The van der Waals surface area contributed by atoms with Crippen molar-refractivity contribution in [1.29, 1.82) is 0 Å². The Labute approximate surface area is 193 Å². The van der Waals surface area contributed by atoms with Crippen LogP contribution >= 0.6 is 0 Å². The fraction of sp³-hybridized carbons (Fsp3) is 0.360. The summed E-state index contributed by atoms with van der Waals surface area (Å²) in [5.74, 6) is 1.08. The van der Waals surface area contributed by atoms with Crippen LogP contribution in [-0.2, 0) is 13.1 Å². The first kappa shape index (κ1) is 21.3. The van der Waals surface area contributed by atoms with E-state index in [0.29, 0.717) is 12.1 Å². The molecule has 0 bridgehead atoms. The number of aromatic nitrogens is 5. The van der Waals surface area contributed by atoms with Gasteiger partial charge in [-0.15, -0.1) is 0 Å². The summed E-state index contributed by atoms with van der Waals surface area (Å²) in [7, 11) is 0. The molecule has 0 unspecified atom stereocenters. The molecule has 170 valence electrons. The van der Waals surface area contributed by atoms with Crippen LogP contribution < -0.4 is 0 Å². The van der Waals surface area contributed by atoms with E-state index in [1.807, 2.05) is 43.3 Å². The number of hydrogen-bond acceptors (Lipinski definition) is 5. The third kappa shape index (κ3) is 4.52. The van der Waals surface area contributed by atoms with Crippen molar-refractivity contribution in [3.05, 3.63) is 83.3 Å². The third-order valence-electron chi connectivity index (χ3n) is 6.31. The number of fused-ring (bicyclic) bond motifs is 1. The van der Waals surface area contributed by atoms with Crippen LogP contribution in [0.2, 0.25) is 0 Å². The van der Waals surface area contributed by atoms with Crippen LogP contribution in [0.1, 0.15) is 39.6 Å². The molecule has 0 radical (unpaired) electrons. The van der Waals surface area contributed by atoms with E-state index < -0.39 is 0 Å². The SMILES string of the molecule is Cc1cc2ncc(C(=O)N3CCCN(Cc4nccn4Cc4ccccc4)CC3)c(C)n2n1. The van der Waals surface area contributed by atoms with Crippen molar-refractivity contribution in [2.75, 3.05) is 26.2 Å². The van der Waals surface area contributed by atoms with Crippen molar-refractivity contribution in [2.24, 2.45) is 0 Å². The predicted molar refractivity (Wildman–Crippen MR) is 126 cm³/mol. The molecule has 33 heavy (non-hydrogen) atoms. The van der Waals surface area contributed by atoms with Crippen molar-refractivity contribution >= 4 is 11.6 Å². The summed E-state index contributed by atoms with van der Waals surface area (Å²) in [6, 6.07) is 12.4. The van der Waals surface area contributed by atoms with E-state index in [1.54, 1.807) is 10.7 Å². The molecule has 0 aliphatic carbocycles. The first-order valence-electron chi connectivity index (χ1n) is 11.5. The van der Waals surface area contributed by atoms with Crippen molar-refractivity contribution in [3.63, 3.8) is 0 Å². The Kier molecular flexibility index (Phi) is 5.92. The number of nitrogens with zero attached hydrogens (tertiary/aromatic N) is 7. The minimum absolute atomic E-state index is 0.0301. The molecular formula is C25H29N7O. The second-order valence-electron chi connectivity index (χ2n) is 8.69. The molecule has 8 heteroatoms. The van der Waals surface area contributed by atoms with Gasteiger partial charge in [-0.2, -0.15) is 5.10 Å². The zero-order valence-corrected chi connectivity index (χ0v) is 19.2. The molecule has 4 aromatic rings. The largest absolute Gasteiger partial charge is 0.337 e. The Morgan fingerprint density at radius 3 is 2.70 bits per heavy atom. The van der Waals surface area contributed by atoms with E-state index in [4.69, 9.17) is 0 Å². The Morgan fingerprint density at radius 2 is 1.85 bits per heavy atom. The molecule has 4 heterocycles. The molecular weight excluding hydrogens is 414 g/mol. The number of amides is 1. The van der Waals surface area contributed by atoms with Crippen molar-refractivity contribution in [2.45, 2.75) is 33.4 Å². The Balaban J connectivity index is 1.25. The lowest BCUT2D eigenvalue weighted by Gasteiger charge is -2.22. The predicted octanol–water partition coefficient (Wildman–Crippen LogP) is 2.94. The lowest BCUT2D eigenvalue weighted by Crippen LogP contribution is -2.36. The van der Waals surface area contributed by atoms with Crippen LogP contribution in [0.25, 0.3) is 5.65 Å². The molecule has 1 aromatic carbocycles. The summed E-state index contributed by atoms with van der Waals surface area (Å²) in [6.45, 7) is 8.65. The molecule has 0 N–H and O–H groups in total. The summed E-state index contributed by atoms with van der Waals surface area (Å²) in [6.07, 6.45) is 6.53. The molecule has 5 rings (SSSR count). The number of carbonyl (C=O) groups excluding carboxylic acids is 1. The smallest absolute Gasteiger partial charge is 0.257 e. The Bertz CT molecular complexity index is 1260. The van der Waals surface area contributed by atoms with E-state index in [-0.39, 0.29) is 5.91 Å². The Hall–Kier alpha value is -3.52. The molecule has 1 saturated heterocycles. The summed E-state index contributed by atoms with van der Waals surface area (Å²) >= 11 is 0. The van der Waals surface area contributed by atoms with E-state index in [0.717, 1.165) is 62.0 Å². The van der Waals surface area contributed by atoms with Gasteiger partial charge in [-0.1, -0.05) is 30.3 Å². The highest BCUT2D eigenvalue weighted by Gasteiger charge is 2.23. The summed E-state index contributed by atoms with van der Waals surface area (Å²) < 4.78 is 3.97. The minimum atomic E-state index is 0.0301. The normalized spacial score (nSPS) is 15.2. The molecule has 0 saturated carbocycles. The zero-order valence-electron chi connectivity index (χ0n) is 19.2. The first-order valence-corrected chi connectivity index (χ1v) is 11.5. The van der Waals surface area contributed by atoms with Crippen LogP contribution in [0.4, 0.5) is 0 Å². The molecule has 8 nitrogen and oxygen atoms in total. The molecule has 1 aliphatic rings. The van der Waals surface area contributed by atoms with Crippen molar-refractivity contribution in [3.8, 4) is 0 Å². The van der Waals surface area contributed by atoms with E-state index in [2.05, 4.69) is 48.8 Å². The third-order valence-corrected chi connectivity index (χ3v) is 6.31. The van der Waals surface area contributed by atoms with Gasteiger partial charge in [0.25, 0.3) is 5.91 Å². The van der Waals surface area contributed by atoms with Gasteiger partial charge in [-0.25, -0.2) is 14.5 Å². The highest BCUT2D eigenvalue weighted by molar-refractivity contribution is 5.95. The summed E-state index contributed by atoms with van der Waals surface area (Å²) in [5.41, 5.74) is 4.39. The van der Waals surface area contributed by atoms with Gasteiger partial charge >= 0.3 is 0 Å². The van der Waals surface area contributed by atoms with Crippen LogP contribution in [-0.4, -0.2) is 66.0 Å². The van der Waals surface area contributed by atoms with Gasteiger partial charge in [0.1, 0.15) is 5.82 Å². The minimum Gasteiger partial charge on any atom is -0.337 e. The maximum Gasteiger partial charge on any atom is 0.257 e. The number of imidazole rings is 1. The summed E-state index contributed by atoms with van der Waals surface area (Å²) in [4.78, 5) is 26.7. The molecule has 1 amide bonds. The van der Waals surface area contributed by atoms with Gasteiger partial charge in [-0.05, 0) is 25.8 Å². The van der Waals surface area contributed by atoms with Crippen LogP contribution in [0.5, 0.6) is 0 Å². The fourth-order valence-electron chi connectivity index (χ4n) is 4.49. The number of rotatable bonds is 5. The first-order chi connectivity index (χ1) is 16.1. The van der Waals surface area contributed by atoms with E-state index in [1.165, 1.54) is 5.56 Å². The number of benzene rings is 1. The average molecular weight is 444 g/mol. The van der Waals surface area contributed by atoms with Crippen molar-refractivity contribution < 1.29 is 4.79 Å². The molecule has 1 aliphatic heterocycles. The van der Waals surface area contributed by atoms with Crippen LogP contribution in [0.3, 0.4) is 0 Å². The topological polar surface area (TPSA) is 71.6 Å². The number of aryl methyl sites for hydroxylation is 2. The highest BCUT2D eigenvalue weighted by atomic mass is 16.2. The second-order valence-corrected chi connectivity index (χ2v) is 8.69. The van der Waals surface area contributed by atoms with Gasteiger partial charge < -0.3 is 9.47 Å². The van der Waals surface area contributed by atoms with Gasteiger partial charge in [0.15, 0.2) is 5.65 Å². The highest BCUT2D eigenvalue weighted by Crippen LogP contribution is 2.16. The standard InChI is InChI=1S/C25H29N7O/c1-19-15-23-27-16-22(20(2)32(23)28-19)25(33)30-11-6-10-29(13-14-30)18-24-26-9-12-31(24)17-21-7-4-3-5-8-21/h3-5,7-9,12,15-16H,6,10-11,13-14,17-18H2,1-2H3. The van der Waals surface area contributed by atoms with Gasteiger partial charge in [0.05, 0.1) is 23.5 Å². The maximum atomic E-state index is 13.3. The van der Waals surface area contributed by atoms with Gasteiger partial charge in [0, 0.05) is 57.4 Å². The fourth-order valence-corrected chi connectivity index (χ4v) is 4.49. The lowest BCUT2D eigenvalue weighted by atomic mass is 10.2. The molecule has 1 fully saturated rings. The van der Waals surface area contributed by atoms with Crippen LogP contribution in [0.15, 0.2) is 55.0 Å². The molecule has 0 spiro atoms.